The fraction of sp³-hybridized carbons (Fsp3) is 0.143. The van der Waals surface area contributed by atoms with Gasteiger partial charge < -0.3 is 9.40 Å². The van der Waals surface area contributed by atoms with Gasteiger partial charge in [0.25, 0.3) is 0 Å². The number of hydrogen-bond acceptors (Lipinski definition) is 3. The molecule has 0 aliphatic rings. The van der Waals surface area contributed by atoms with Crippen LogP contribution in [-0.2, 0) is 0 Å². The first-order valence-electron chi connectivity index (χ1n) is 3.16. The predicted octanol–water partition coefficient (Wildman–Crippen LogP) is 1.34. The lowest BCUT2D eigenvalue weighted by Gasteiger charge is -1.76. The quantitative estimate of drug-likeness (QED) is 0.611. The van der Waals surface area contributed by atoms with E-state index < -0.39 is 0 Å². The number of aryl methyl sites for hydroxylation is 1. The third-order valence-corrected chi connectivity index (χ3v) is 1.45. The van der Waals surface area contributed by atoms with Crippen LogP contribution in [0.5, 0.6) is 0 Å². The molecular formula is C7H5N3O. The van der Waals surface area contributed by atoms with Gasteiger partial charge in [-0.15, -0.1) is 0 Å². The van der Waals surface area contributed by atoms with Gasteiger partial charge in [-0.05, 0) is 0 Å². The van der Waals surface area contributed by atoms with Crippen LogP contribution in [0, 0.1) is 18.3 Å². The maximum atomic E-state index is 8.58. The van der Waals surface area contributed by atoms with E-state index in [0.717, 1.165) is 0 Å². The summed E-state index contributed by atoms with van der Waals surface area (Å²) < 4.78 is 5.17. The van der Waals surface area contributed by atoms with Gasteiger partial charge in [-0.1, -0.05) is 0 Å². The van der Waals surface area contributed by atoms with Crippen molar-refractivity contribution in [1.82, 2.24) is 9.97 Å². The topological polar surface area (TPSA) is 65.6 Å². The molecule has 0 unspecified atom stereocenters. The van der Waals surface area contributed by atoms with Gasteiger partial charge in [0, 0.05) is 13.1 Å². The van der Waals surface area contributed by atoms with Gasteiger partial charge in [-0.3, -0.25) is 0 Å². The highest BCUT2D eigenvalue weighted by atomic mass is 16.3. The van der Waals surface area contributed by atoms with Crippen LogP contribution in [0.3, 0.4) is 0 Å². The van der Waals surface area contributed by atoms with Crippen molar-refractivity contribution < 1.29 is 4.42 Å². The summed E-state index contributed by atoms with van der Waals surface area (Å²) >= 11 is 0. The van der Waals surface area contributed by atoms with E-state index in [2.05, 4.69) is 9.97 Å². The fourth-order valence-electron chi connectivity index (χ4n) is 0.997. The summed E-state index contributed by atoms with van der Waals surface area (Å²) in [5.74, 6) is 0.573. The Hall–Kier alpha value is -1.76. The third-order valence-electron chi connectivity index (χ3n) is 1.45. The zero-order chi connectivity index (χ0) is 7.84. The highest BCUT2D eigenvalue weighted by Crippen LogP contribution is 2.17. The van der Waals surface area contributed by atoms with Crippen LogP contribution >= 0.6 is 0 Å². The lowest BCUT2D eigenvalue weighted by Crippen LogP contribution is -1.67. The number of fused-ring (bicyclic) bond motifs is 1. The second-order valence-electron chi connectivity index (χ2n) is 2.22. The summed E-state index contributed by atoms with van der Waals surface area (Å²) in [6, 6.07) is 2.00. The Labute approximate surface area is 62.5 Å². The standard InChI is InChI=1S/C7H5N3O/c1-4-10-7-6(11-4)5(2-8)3-9-7/h3,9H,1H3. The number of nitrogens with zero attached hydrogens (tertiary/aromatic N) is 2. The van der Waals surface area contributed by atoms with Crippen LogP contribution in [-0.4, -0.2) is 9.97 Å². The van der Waals surface area contributed by atoms with E-state index in [1.807, 2.05) is 6.07 Å². The highest BCUT2D eigenvalue weighted by molar-refractivity contribution is 5.76. The molecule has 2 heterocycles. The predicted molar refractivity (Wildman–Crippen MR) is 37.8 cm³/mol. The Bertz CT molecular complexity index is 432. The first-order valence-corrected chi connectivity index (χ1v) is 3.16. The Morgan fingerprint density at radius 3 is 3.27 bits per heavy atom. The zero-order valence-electron chi connectivity index (χ0n) is 5.88. The van der Waals surface area contributed by atoms with E-state index in [4.69, 9.17) is 9.68 Å². The highest BCUT2D eigenvalue weighted by Gasteiger charge is 2.08. The largest absolute Gasteiger partial charge is 0.438 e. The molecule has 2 rings (SSSR count). The zero-order valence-corrected chi connectivity index (χ0v) is 5.88. The van der Waals surface area contributed by atoms with Crippen molar-refractivity contribution >= 4 is 11.2 Å². The minimum absolute atomic E-state index is 0.501. The molecule has 0 aliphatic carbocycles. The van der Waals surface area contributed by atoms with Crippen LogP contribution in [0.25, 0.3) is 11.2 Å². The Morgan fingerprint density at radius 1 is 1.73 bits per heavy atom. The molecular weight excluding hydrogens is 142 g/mol. The monoisotopic (exact) mass is 147 g/mol. The molecule has 54 valence electrons. The third kappa shape index (κ3) is 0.711. The molecule has 0 saturated carbocycles. The van der Waals surface area contributed by atoms with Crippen molar-refractivity contribution in [2.45, 2.75) is 6.92 Å². The normalized spacial score (nSPS) is 10.2. The van der Waals surface area contributed by atoms with Gasteiger partial charge in [0.15, 0.2) is 17.1 Å². The molecule has 0 aliphatic heterocycles. The summed E-state index contributed by atoms with van der Waals surface area (Å²) in [4.78, 5) is 6.84. The molecule has 4 nitrogen and oxygen atoms in total. The first kappa shape index (κ1) is 5.98. The Balaban J connectivity index is 2.86. The number of aromatic amines is 1. The van der Waals surface area contributed by atoms with E-state index >= 15 is 0 Å². The molecule has 0 atom stereocenters. The van der Waals surface area contributed by atoms with E-state index in [9.17, 15) is 0 Å². The summed E-state index contributed by atoms with van der Waals surface area (Å²) in [5, 5.41) is 8.58. The van der Waals surface area contributed by atoms with Crippen molar-refractivity contribution in [1.29, 1.82) is 5.26 Å². The summed E-state index contributed by atoms with van der Waals surface area (Å²) in [6.45, 7) is 1.75. The van der Waals surface area contributed by atoms with Crippen LogP contribution in [0.4, 0.5) is 0 Å². The Kier molecular flexibility index (Phi) is 1.01. The molecule has 0 spiro atoms. The average molecular weight is 147 g/mol. The SMILES string of the molecule is Cc1nc2[nH]cc(C#N)c2o1. The molecule has 0 fully saturated rings. The van der Waals surface area contributed by atoms with Crippen LogP contribution in [0.2, 0.25) is 0 Å². The van der Waals surface area contributed by atoms with Crippen molar-refractivity contribution in [3.05, 3.63) is 17.7 Å². The number of nitriles is 1. The molecule has 0 bridgehead atoms. The molecule has 0 amide bonds. The minimum Gasteiger partial charge on any atom is -0.438 e. The van der Waals surface area contributed by atoms with Crippen LogP contribution in [0.1, 0.15) is 11.5 Å². The second kappa shape index (κ2) is 1.86. The molecule has 0 saturated heterocycles. The molecule has 11 heavy (non-hydrogen) atoms. The maximum Gasteiger partial charge on any atom is 0.193 e. The lowest BCUT2D eigenvalue weighted by atomic mass is 10.4. The summed E-state index contributed by atoms with van der Waals surface area (Å²) in [6.07, 6.45) is 1.58. The van der Waals surface area contributed by atoms with Crippen molar-refractivity contribution in [3.63, 3.8) is 0 Å². The number of hydrogen-bond donors (Lipinski definition) is 1. The molecule has 0 aromatic carbocycles. The van der Waals surface area contributed by atoms with E-state index in [0.29, 0.717) is 22.7 Å². The fourth-order valence-corrected chi connectivity index (χ4v) is 0.997. The minimum atomic E-state index is 0.501. The van der Waals surface area contributed by atoms with Gasteiger partial charge in [0.05, 0.1) is 0 Å². The van der Waals surface area contributed by atoms with E-state index in [1.165, 1.54) is 0 Å². The summed E-state index contributed by atoms with van der Waals surface area (Å²) in [5.41, 5.74) is 1.68. The van der Waals surface area contributed by atoms with Gasteiger partial charge in [0.2, 0.25) is 0 Å². The maximum absolute atomic E-state index is 8.58. The molecule has 2 aromatic rings. The van der Waals surface area contributed by atoms with Crippen LogP contribution < -0.4 is 0 Å². The smallest absolute Gasteiger partial charge is 0.193 e. The number of nitrogens with one attached hydrogen (secondary N) is 1. The number of rotatable bonds is 0. The second-order valence-corrected chi connectivity index (χ2v) is 2.22. The van der Waals surface area contributed by atoms with Gasteiger partial charge in [0.1, 0.15) is 11.6 Å². The van der Waals surface area contributed by atoms with E-state index in [-0.39, 0.29) is 0 Å². The van der Waals surface area contributed by atoms with Gasteiger partial charge in [-0.2, -0.15) is 10.2 Å². The first-order chi connectivity index (χ1) is 5.31. The molecule has 2 aromatic heterocycles. The number of aromatic nitrogens is 2. The van der Waals surface area contributed by atoms with Gasteiger partial charge in [-0.25, -0.2) is 0 Å². The van der Waals surface area contributed by atoms with E-state index in [1.54, 1.807) is 13.1 Å². The molecule has 0 radical (unpaired) electrons. The Morgan fingerprint density at radius 2 is 2.55 bits per heavy atom. The summed E-state index contributed by atoms with van der Waals surface area (Å²) in [7, 11) is 0. The number of H-pyrrole nitrogens is 1. The molecule has 1 N–H and O–H groups in total. The van der Waals surface area contributed by atoms with Crippen molar-refractivity contribution in [2.24, 2.45) is 0 Å². The van der Waals surface area contributed by atoms with Crippen molar-refractivity contribution in [2.75, 3.05) is 0 Å². The van der Waals surface area contributed by atoms with Crippen LogP contribution in [0.15, 0.2) is 10.6 Å². The molecule has 4 heteroatoms. The average Bonchev–Trinajstić information content (AvgIpc) is 2.45. The van der Waals surface area contributed by atoms with Crippen molar-refractivity contribution in [3.8, 4) is 6.07 Å². The lowest BCUT2D eigenvalue weighted by molar-refractivity contribution is 0.560. The van der Waals surface area contributed by atoms with Gasteiger partial charge >= 0.3 is 0 Å². The number of oxazole rings is 1.